The van der Waals surface area contributed by atoms with Crippen molar-refractivity contribution in [1.29, 1.82) is 0 Å². The van der Waals surface area contributed by atoms with E-state index in [9.17, 15) is 0 Å². The number of alkyl halides is 1. The lowest BCUT2D eigenvalue weighted by molar-refractivity contribution is 0.392. The van der Waals surface area contributed by atoms with Gasteiger partial charge in [0.25, 0.3) is 0 Å². The third-order valence-electron chi connectivity index (χ3n) is 1.71. The van der Waals surface area contributed by atoms with E-state index >= 15 is 0 Å². The summed E-state index contributed by atoms with van der Waals surface area (Å²) >= 11 is 9.38. The smallest absolute Gasteiger partial charge is 0.217 e. The molecule has 0 amide bonds. The number of ether oxygens (including phenoxy) is 1. The van der Waals surface area contributed by atoms with Gasteiger partial charge in [0.1, 0.15) is 0 Å². The van der Waals surface area contributed by atoms with Crippen molar-refractivity contribution in [1.82, 2.24) is 4.98 Å². The van der Waals surface area contributed by atoms with Crippen molar-refractivity contribution in [2.24, 2.45) is 0 Å². The molecule has 0 fully saturated rings. The van der Waals surface area contributed by atoms with Crippen molar-refractivity contribution < 1.29 is 4.74 Å². The highest BCUT2D eigenvalue weighted by Crippen LogP contribution is 2.25. The molecule has 0 aliphatic carbocycles. The first-order valence-electron chi connectivity index (χ1n) is 4.03. The van der Waals surface area contributed by atoms with Gasteiger partial charge in [-0.05, 0) is 18.9 Å². The molecule has 0 spiro atoms. The summed E-state index contributed by atoms with van der Waals surface area (Å²) in [5, 5.41) is 1.69. The lowest BCUT2D eigenvalue weighted by atomic mass is 10.1. The summed E-state index contributed by atoms with van der Waals surface area (Å²) < 4.78 is 5.11. The first kappa shape index (κ1) is 10.8. The Bertz CT molecular complexity index is 280. The van der Waals surface area contributed by atoms with Crippen molar-refractivity contribution in [3.8, 4) is 5.88 Å². The van der Waals surface area contributed by atoms with Crippen LogP contribution < -0.4 is 4.74 Å². The zero-order valence-electron chi connectivity index (χ0n) is 7.39. The third-order valence-corrected chi connectivity index (χ3v) is 2.63. The summed E-state index contributed by atoms with van der Waals surface area (Å²) in [6, 6.07) is 1.79. The molecule has 2 nitrogen and oxygen atoms in total. The van der Waals surface area contributed by atoms with Gasteiger partial charge in [-0.2, -0.15) is 0 Å². The molecule has 0 saturated carbocycles. The molecule has 13 heavy (non-hydrogen) atoms. The van der Waals surface area contributed by atoms with Gasteiger partial charge in [-0.3, -0.25) is 0 Å². The molecule has 72 valence electrons. The largest absolute Gasteiger partial charge is 0.481 e. The van der Waals surface area contributed by atoms with Crippen LogP contribution in [0.1, 0.15) is 12.0 Å². The van der Waals surface area contributed by atoms with E-state index in [1.54, 1.807) is 19.4 Å². The molecule has 0 bridgehead atoms. The maximum Gasteiger partial charge on any atom is 0.217 e. The first-order chi connectivity index (χ1) is 6.29. The van der Waals surface area contributed by atoms with Gasteiger partial charge in [0.2, 0.25) is 5.88 Å². The lowest BCUT2D eigenvalue weighted by Gasteiger charge is -2.07. The standard InChI is InChI=1S/C9H11BrClNO/c1-13-9-7(3-2-5-10)8(11)4-6-12-9/h4,6H,2-3,5H2,1H3. The average molecular weight is 265 g/mol. The van der Waals surface area contributed by atoms with Crippen LogP contribution in [0.25, 0.3) is 0 Å². The average Bonchev–Trinajstić information content (AvgIpc) is 2.15. The molecule has 1 heterocycles. The second-order valence-corrected chi connectivity index (χ2v) is 3.77. The van der Waals surface area contributed by atoms with E-state index < -0.39 is 0 Å². The Kier molecular flexibility index (Phi) is 4.53. The fourth-order valence-corrected chi connectivity index (χ4v) is 1.61. The van der Waals surface area contributed by atoms with Gasteiger partial charge >= 0.3 is 0 Å². The summed E-state index contributed by atoms with van der Waals surface area (Å²) in [5.41, 5.74) is 0.992. The molecular formula is C9H11BrClNO. The zero-order chi connectivity index (χ0) is 9.68. The van der Waals surface area contributed by atoms with Gasteiger partial charge < -0.3 is 4.74 Å². The van der Waals surface area contributed by atoms with E-state index in [0.717, 1.165) is 28.8 Å². The van der Waals surface area contributed by atoms with E-state index in [2.05, 4.69) is 20.9 Å². The summed E-state index contributed by atoms with van der Waals surface area (Å²) in [7, 11) is 1.61. The van der Waals surface area contributed by atoms with E-state index in [-0.39, 0.29) is 0 Å². The van der Waals surface area contributed by atoms with Crippen molar-refractivity contribution in [2.45, 2.75) is 12.8 Å². The first-order valence-corrected chi connectivity index (χ1v) is 5.53. The Balaban J connectivity index is 2.87. The van der Waals surface area contributed by atoms with Crippen LogP contribution in [0.2, 0.25) is 5.02 Å². The molecule has 1 aromatic heterocycles. The van der Waals surface area contributed by atoms with Crippen LogP contribution in [-0.2, 0) is 6.42 Å². The number of nitrogens with zero attached hydrogens (tertiary/aromatic N) is 1. The predicted molar refractivity (Wildman–Crippen MR) is 57.9 cm³/mol. The minimum absolute atomic E-state index is 0.633. The molecule has 0 aliphatic rings. The van der Waals surface area contributed by atoms with E-state index in [1.165, 1.54) is 0 Å². The molecule has 0 radical (unpaired) electrons. The number of aromatic nitrogens is 1. The van der Waals surface area contributed by atoms with Gasteiger partial charge in [0.15, 0.2) is 0 Å². The SMILES string of the molecule is COc1nccc(Cl)c1CCCBr. The maximum absolute atomic E-state index is 6.01. The molecule has 0 atom stereocenters. The number of halogens is 2. The fraction of sp³-hybridized carbons (Fsp3) is 0.444. The van der Waals surface area contributed by atoms with Crippen LogP contribution in [0, 0.1) is 0 Å². The normalized spacial score (nSPS) is 10.1. The molecule has 1 aromatic rings. The van der Waals surface area contributed by atoms with Crippen LogP contribution in [-0.4, -0.2) is 17.4 Å². The van der Waals surface area contributed by atoms with Crippen molar-refractivity contribution in [2.75, 3.05) is 12.4 Å². The Morgan fingerprint density at radius 3 is 3.00 bits per heavy atom. The van der Waals surface area contributed by atoms with Crippen molar-refractivity contribution in [3.63, 3.8) is 0 Å². The van der Waals surface area contributed by atoms with Crippen molar-refractivity contribution in [3.05, 3.63) is 22.8 Å². The molecule has 0 aromatic carbocycles. The van der Waals surface area contributed by atoms with E-state index in [0.29, 0.717) is 5.88 Å². The van der Waals surface area contributed by atoms with Crippen molar-refractivity contribution >= 4 is 27.5 Å². The Labute approximate surface area is 91.4 Å². The monoisotopic (exact) mass is 263 g/mol. The van der Waals surface area contributed by atoms with Gasteiger partial charge in [-0.15, -0.1) is 0 Å². The minimum Gasteiger partial charge on any atom is -0.481 e. The number of hydrogen-bond acceptors (Lipinski definition) is 2. The van der Waals surface area contributed by atoms with E-state index in [1.807, 2.05) is 0 Å². The Hall–Kier alpha value is -0.280. The highest BCUT2D eigenvalue weighted by molar-refractivity contribution is 9.09. The molecule has 0 N–H and O–H groups in total. The molecular weight excluding hydrogens is 253 g/mol. The molecule has 0 unspecified atom stereocenters. The Morgan fingerprint density at radius 2 is 2.38 bits per heavy atom. The highest BCUT2D eigenvalue weighted by Gasteiger charge is 2.07. The summed E-state index contributed by atoms with van der Waals surface area (Å²) in [5.74, 6) is 0.633. The van der Waals surface area contributed by atoms with Crippen LogP contribution >= 0.6 is 27.5 Å². The summed E-state index contributed by atoms with van der Waals surface area (Å²) in [4.78, 5) is 4.09. The Morgan fingerprint density at radius 1 is 1.62 bits per heavy atom. The number of pyridine rings is 1. The van der Waals surface area contributed by atoms with E-state index in [4.69, 9.17) is 16.3 Å². The predicted octanol–water partition coefficient (Wildman–Crippen LogP) is 3.07. The molecule has 4 heteroatoms. The summed E-state index contributed by atoms with van der Waals surface area (Å²) in [6.07, 6.45) is 3.57. The topological polar surface area (TPSA) is 22.1 Å². The quantitative estimate of drug-likeness (QED) is 0.780. The lowest BCUT2D eigenvalue weighted by Crippen LogP contribution is -1.96. The number of hydrogen-bond donors (Lipinski definition) is 0. The van der Waals surface area contributed by atoms with Gasteiger partial charge in [-0.25, -0.2) is 4.98 Å². The van der Waals surface area contributed by atoms with Gasteiger partial charge in [0, 0.05) is 17.1 Å². The minimum atomic E-state index is 0.633. The van der Waals surface area contributed by atoms with Gasteiger partial charge in [0.05, 0.1) is 12.1 Å². The van der Waals surface area contributed by atoms with Crippen LogP contribution in [0.4, 0.5) is 0 Å². The number of rotatable bonds is 4. The second-order valence-electron chi connectivity index (χ2n) is 2.57. The zero-order valence-corrected chi connectivity index (χ0v) is 9.73. The fourth-order valence-electron chi connectivity index (χ4n) is 1.10. The number of methoxy groups -OCH3 is 1. The molecule has 0 aliphatic heterocycles. The molecule has 1 rings (SSSR count). The van der Waals surface area contributed by atoms with Gasteiger partial charge in [-0.1, -0.05) is 27.5 Å². The maximum atomic E-state index is 6.01. The highest BCUT2D eigenvalue weighted by atomic mass is 79.9. The second kappa shape index (κ2) is 5.45. The van der Waals surface area contributed by atoms with Crippen LogP contribution in [0.3, 0.4) is 0 Å². The third kappa shape index (κ3) is 2.85. The van der Waals surface area contributed by atoms with Crippen LogP contribution in [0.5, 0.6) is 5.88 Å². The van der Waals surface area contributed by atoms with Crippen LogP contribution in [0.15, 0.2) is 12.3 Å². The molecule has 0 saturated heterocycles. The summed E-state index contributed by atoms with van der Waals surface area (Å²) in [6.45, 7) is 0.